The highest BCUT2D eigenvalue weighted by Crippen LogP contribution is 2.28. The minimum Gasteiger partial charge on any atom is -0.387 e. The van der Waals surface area contributed by atoms with Crippen molar-refractivity contribution in [3.05, 3.63) is 35.1 Å². The summed E-state index contributed by atoms with van der Waals surface area (Å²) in [6.45, 7) is 5.17. The highest BCUT2D eigenvalue weighted by Gasteiger charge is 2.25. The molecule has 0 radical (unpaired) electrons. The van der Waals surface area contributed by atoms with Gasteiger partial charge in [-0.15, -0.1) is 11.3 Å². The van der Waals surface area contributed by atoms with E-state index in [0.717, 1.165) is 35.4 Å². The number of morpholine rings is 1. The molecule has 0 aromatic carbocycles. The van der Waals surface area contributed by atoms with Crippen LogP contribution in [0.4, 0.5) is 11.9 Å². The molecule has 12 heteroatoms. The van der Waals surface area contributed by atoms with Gasteiger partial charge in [0, 0.05) is 73.7 Å². The molecule has 3 aromatic heterocycles. The van der Waals surface area contributed by atoms with Gasteiger partial charge in [-0.25, -0.2) is 19.9 Å². The summed E-state index contributed by atoms with van der Waals surface area (Å²) in [6.07, 6.45) is 5.12. The number of ether oxygens (including phenoxy) is 1. The fraction of sp³-hybridized carbons (Fsp3) is 0.476. The third kappa shape index (κ3) is 4.88. The molecule has 2 aliphatic heterocycles. The Hall–Kier alpha value is -2.93. The van der Waals surface area contributed by atoms with Crippen molar-refractivity contribution in [3.63, 3.8) is 0 Å². The molecule has 174 valence electrons. The van der Waals surface area contributed by atoms with Crippen LogP contribution < -0.4 is 10.6 Å². The molecule has 0 spiro atoms. The Kier molecular flexibility index (Phi) is 6.31. The van der Waals surface area contributed by atoms with Crippen molar-refractivity contribution in [2.75, 3.05) is 63.1 Å². The Bertz CT molecular complexity index is 1120. The summed E-state index contributed by atoms with van der Waals surface area (Å²) in [5, 5.41) is 10.1. The van der Waals surface area contributed by atoms with Crippen molar-refractivity contribution in [2.24, 2.45) is 0 Å². The van der Waals surface area contributed by atoms with Crippen LogP contribution >= 0.6 is 11.3 Å². The third-order valence-electron chi connectivity index (χ3n) is 5.96. The van der Waals surface area contributed by atoms with Crippen LogP contribution in [-0.4, -0.2) is 93.2 Å². The molecule has 2 aliphatic rings. The molecule has 1 unspecified atom stereocenters. The molecule has 0 aliphatic carbocycles. The summed E-state index contributed by atoms with van der Waals surface area (Å²) in [5.74, 6) is 0.736. The Morgan fingerprint density at radius 1 is 1.15 bits per heavy atom. The Morgan fingerprint density at radius 3 is 2.70 bits per heavy atom. The maximum absolute atomic E-state index is 11.6. The predicted molar refractivity (Wildman–Crippen MR) is 124 cm³/mol. The molecule has 33 heavy (non-hydrogen) atoms. The molecule has 3 N–H and O–H groups in total. The fourth-order valence-electron chi connectivity index (χ4n) is 4.13. The lowest BCUT2D eigenvalue weighted by atomic mass is 10.1. The molecule has 0 saturated carbocycles. The van der Waals surface area contributed by atoms with Gasteiger partial charge in [0.1, 0.15) is 17.5 Å². The minimum atomic E-state index is -0.422. The molecule has 2 saturated heterocycles. The summed E-state index contributed by atoms with van der Waals surface area (Å²) < 4.78 is 5.90. The van der Waals surface area contributed by atoms with E-state index < -0.39 is 6.61 Å². The number of hydrogen-bond donors (Lipinski definition) is 2. The van der Waals surface area contributed by atoms with E-state index in [9.17, 15) is 4.79 Å². The highest BCUT2D eigenvalue weighted by molar-refractivity contribution is 7.18. The van der Waals surface area contributed by atoms with E-state index in [1.54, 1.807) is 28.6 Å². The molecule has 2 fully saturated rings. The van der Waals surface area contributed by atoms with E-state index in [1.165, 1.54) is 4.88 Å². The predicted octanol–water partition coefficient (Wildman–Crippen LogP) is 0.278. The molecule has 5 heterocycles. The lowest BCUT2D eigenvalue weighted by Gasteiger charge is -2.34. The van der Waals surface area contributed by atoms with Gasteiger partial charge in [0.05, 0.1) is 13.2 Å². The molecule has 1 amide bonds. The number of rotatable bonds is 5. The first-order chi connectivity index (χ1) is 16.1. The summed E-state index contributed by atoms with van der Waals surface area (Å²) >= 11 is 1.67. The third-order valence-corrected chi connectivity index (χ3v) is 6.99. The van der Waals surface area contributed by atoms with E-state index in [-0.39, 0.29) is 18.0 Å². The number of aromatic nitrogens is 4. The molecule has 0 bridgehead atoms. The lowest BCUT2D eigenvalue weighted by Crippen LogP contribution is -2.49. The molecule has 3 aromatic rings. The van der Waals surface area contributed by atoms with Crippen LogP contribution in [0.25, 0.3) is 10.2 Å². The molecule has 1 atom stereocenters. The number of anilines is 2. The first-order valence-corrected chi connectivity index (χ1v) is 11.7. The van der Waals surface area contributed by atoms with Gasteiger partial charge in [-0.2, -0.15) is 0 Å². The van der Waals surface area contributed by atoms with E-state index in [2.05, 4.69) is 30.8 Å². The zero-order chi connectivity index (χ0) is 22.8. The maximum Gasteiger partial charge on any atom is 0.248 e. The van der Waals surface area contributed by atoms with Crippen LogP contribution in [0.5, 0.6) is 0 Å². The highest BCUT2D eigenvalue weighted by atomic mass is 32.1. The van der Waals surface area contributed by atoms with Crippen LogP contribution in [0.15, 0.2) is 24.7 Å². The van der Waals surface area contributed by atoms with Gasteiger partial charge in [0.2, 0.25) is 17.8 Å². The van der Waals surface area contributed by atoms with Crippen molar-refractivity contribution in [1.29, 1.82) is 0 Å². The number of aliphatic hydroxyl groups excluding tert-OH is 1. The summed E-state index contributed by atoms with van der Waals surface area (Å²) in [4.78, 5) is 37.6. The van der Waals surface area contributed by atoms with Gasteiger partial charge in [-0.05, 0) is 6.07 Å². The second-order valence-corrected chi connectivity index (χ2v) is 9.25. The van der Waals surface area contributed by atoms with E-state index >= 15 is 0 Å². The first-order valence-electron chi connectivity index (χ1n) is 10.9. The molecular formula is C21H26N8O3S. The average Bonchev–Trinajstić information content (AvgIpc) is 3.26. The SMILES string of the molecule is Nc1ncc(C2CN(c3ncc4cc(CN5CCN(C(=O)CO)CC5)sc4n3)CCO2)cn1. The van der Waals surface area contributed by atoms with Crippen LogP contribution in [-0.2, 0) is 16.1 Å². The number of aliphatic hydroxyl groups is 1. The van der Waals surface area contributed by atoms with E-state index in [0.29, 0.717) is 38.7 Å². The fourth-order valence-corrected chi connectivity index (χ4v) is 5.17. The number of piperazine rings is 1. The second kappa shape index (κ2) is 9.51. The van der Waals surface area contributed by atoms with Gasteiger partial charge < -0.3 is 25.4 Å². The van der Waals surface area contributed by atoms with Crippen LogP contribution in [0.2, 0.25) is 0 Å². The number of carbonyl (C=O) groups excluding carboxylic acids is 1. The largest absolute Gasteiger partial charge is 0.387 e. The van der Waals surface area contributed by atoms with Gasteiger partial charge in [0.15, 0.2) is 0 Å². The zero-order valence-electron chi connectivity index (χ0n) is 18.1. The van der Waals surface area contributed by atoms with E-state index in [4.69, 9.17) is 20.6 Å². The number of carbonyl (C=O) groups is 1. The van der Waals surface area contributed by atoms with Crippen molar-refractivity contribution >= 4 is 39.4 Å². The monoisotopic (exact) mass is 470 g/mol. The number of amides is 1. The van der Waals surface area contributed by atoms with Crippen LogP contribution in [0.1, 0.15) is 16.5 Å². The normalized spacial score (nSPS) is 19.8. The summed E-state index contributed by atoms with van der Waals surface area (Å²) in [5.41, 5.74) is 6.48. The van der Waals surface area contributed by atoms with Crippen molar-refractivity contribution in [3.8, 4) is 0 Å². The average molecular weight is 471 g/mol. The van der Waals surface area contributed by atoms with Gasteiger partial charge in [-0.3, -0.25) is 9.69 Å². The molecule has 5 rings (SSSR count). The van der Waals surface area contributed by atoms with Crippen molar-refractivity contribution in [2.45, 2.75) is 12.6 Å². The summed E-state index contributed by atoms with van der Waals surface area (Å²) in [7, 11) is 0. The Morgan fingerprint density at radius 2 is 1.94 bits per heavy atom. The van der Waals surface area contributed by atoms with Gasteiger partial charge in [-0.1, -0.05) is 0 Å². The zero-order valence-corrected chi connectivity index (χ0v) is 18.9. The smallest absolute Gasteiger partial charge is 0.248 e. The second-order valence-electron chi connectivity index (χ2n) is 8.14. The maximum atomic E-state index is 11.6. The number of thiophene rings is 1. The number of nitrogens with zero attached hydrogens (tertiary/aromatic N) is 7. The molecule has 11 nitrogen and oxygen atoms in total. The lowest BCUT2D eigenvalue weighted by molar-refractivity contribution is -0.135. The van der Waals surface area contributed by atoms with Crippen LogP contribution in [0.3, 0.4) is 0 Å². The van der Waals surface area contributed by atoms with E-state index in [1.807, 2.05) is 6.20 Å². The number of hydrogen-bond acceptors (Lipinski definition) is 11. The van der Waals surface area contributed by atoms with Crippen molar-refractivity contribution in [1.82, 2.24) is 29.7 Å². The summed E-state index contributed by atoms with van der Waals surface area (Å²) in [6, 6.07) is 2.14. The van der Waals surface area contributed by atoms with Gasteiger partial charge in [0.25, 0.3) is 0 Å². The first kappa shape index (κ1) is 21.9. The number of nitrogens with two attached hydrogens (primary N) is 1. The Labute approximate surface area is 194 Å². The standard InChI is InChI=1S/C21H26N8O3S/c22-20-23-9-15(10-24-20)17-12-29(5-6-32-17)21-25-8-14-7-16(33-19(14)26-21)11-27-1-3-28(4-2-27)18(31)13-30/h7-10,17,30H,1-6,11-13H2,(H2,22,23,24). The minimum absolute atomic E-state index is 0.158. The molecular weight excluding hydrogens is 444 g/mol. The van der Waals surface area contributed by atoms with Crippen molar-refractivity contribution < 1.29 is 14.6 Å². The quantitative estimate of drug-likeness (QED) is 0.535. The number of nitrogen functional groups attached to an aromatic ring is 1. The van der Waals surface area contributed by atoms with Crippen LogP contribution in [0, 0.1) is 0 Å². The Balaban J connectivity index is 1.25. The number of fused-ring (bicyclic) bond motifs is 1. The van der Waals surface area contributed by atoms with Gasteiger partial charge >= 0.3 is 0 Å². The topological polar surface area (TPSA) is 134 Å².